The molecule has 0 aliphatic carbocycles. The van der Waals surface area contributed by atoms with Gasteiger partial charge in [0.2, 0.25) is 0 Å². The van der Waals surface area contributed by atoms with Crippen molar-refractivity contribution in [3.63, 3.8) is 0 Å². The number of nitrogens with zero attached hydrogens (tertiary/aromatic N) is 5. The summed E-state index contributed by atoms with van der Waals surface area (Å²) in [4.78, 5) is 50.7. The Morgan fingerprint density at radius 3 is 2.34 bits per heavy atom. The van der Waals surface area contributed by atoms with E-state index < -0.39 is 42.1 Å². The van der Waals surface area contributed by atoms with Crippen LogP contribution >= 0.6 is 0 Å². The molecule has 2 aliphatic rings. The van der Waals surface area contributed by atoms with Crippen LogP contribution < -0.4 is 11.0 Å². The predicted molar refractivity (Wildman–Crippen MR) is 259 cm³/mol. The monoisotopic (exact) mass is 921 g/mol. The topological polar surface area (TPSA) is 205 Å². The minimum atomic E-state index is -0.954. The van der Waals surface area contributed by atoms with Crippen LogP contribution in [0.4, 0.5) is 0 Å². The number of hydrogen-bond acceptors (Lipinski definition) is 11. The van der Waals surface area contributed by atoms with Gasteiger partial charge in [0.05, 0.1) is 35.2 Å². The number of aliphatic hydroxyl groups is 1. The van der Waals surface area contributed by atoms with Crippen LogP contribution in [0.2, 0.25) is 5.82 Å². The number of aromatic nitrogens is 5. The van der Waals surface area contributed by atoms with Crippen LogP contribution in [0.15, 0.2) is 108 Å². The maximum atomic E-state index is 14.2. The zero-order chi connectivity index (χ0) is 48.5. The molecule has 1 saturated heterocycles. The number of carbonyl (C=O) groups excluding carboxylic acids is 2. The Morgan fingerprint density at radius 1 is 0.897 bits per heavy atom. The van der Waals surface area contributed by atoms with E-state index in [0.29, 0.717) is 61.2 Å². The van der Waals surface area contributed by atoms with Gasteiger partial charge in [0.1, 0.15) is 22.8 Å². The van der Waals surface area contributed by atoms with Crippen LogP contribution in [0.5, 0.6) is 11.5 Å². The van der Waals surface area contributed by atoms with Crippen molar-refractivity contribution in [1.29, 1.82) is 0 Å². The van der Waals surface area contributed by atoms with E-state index in [1.807, 2.05) is 107 Å². The van der Waals surface area contributed by atoms with Crippen LogP contribution in [-0.4, -0.2) is 88.2 Å². The van der Waals surface area contributed by atoms with Crippen molar-refractivity contribution in [2.75, 3.05) is 6.54 Å². The molecular formula is C52H60BN7O8. The minimum Gasteiger partial charge on any atom is -0.508 e. The van der Waals surface area contributed by atoms with Crippen molar-refractivity contribution in [2.24, 2.45) is 5.92 Å². The van der Waals surface area contributed by atoms with Crippen molar-refractivity contribution in [2.45, 2.75) is 116 Å². The molecule has 354 valence electrons. The van der Waals surface area contributed by atoms with Gasteiger partial charge in [0.15, 0.2) is 5.82 Å². The van der Waals surface area contributed by atoms with Gasteiger partial charge in [-0.15, -0.1) is 0 Å². The number of phenols is 2. The van der Waals surface area contributed by atoms with Gasteiger partial charge in [-0.1, -0.05) is 76.2 Å². The summed E-state index contributed by atoms with van der Waals surface area (Å²) in [5, 5.41) is 43.0. The number of fused-ring (bicyclic) bond motifs is 1. The number of H-pyrrole nitrogens is 1. The molecular weight excluding hydrogens is 861 g/mol. The van der Waals surface area contributed by atoms with E-state index in [4.69, 9.17) is 9.31 Å². The molecule has 2 unspecified atom stereocenters. The standard InChI is InChI=1S/C52H60BN7O8/c1-31(2)23-38(26-46(63)42(24-33-11-9-8-10-12-33)56-48(64)43-29-54-20-21-55-43)53-67-51(5,6)52(7,68-53)37-16-13-35(14-17-37)49(65)59-22-19-34-15-18-39(25-36(34)30-59)60-47(57-58-50(60)66)41-27-40(32(3)4)44(61)28-45(41)62/h8-18,20-21,25,27-29,31-32,38,42,46,61-63H,19,22-24,26,30H2,1-7H3,(H,56,64)(H,58,66)/t38-,42+,46?,52?/m1/s1. The number of carbonyl (C=O) groups is 2. The van der Waals surface area contributed by atoms with Gasteiger partial charge in [-0.25, -0.2) is 19.4 Å². The number of rotatable bonds is 15. The molecule has 0 saturated carbocycles. The first-order chi connectivity index (χ1) is 32.4. The van der Waals surface area contributed by atoms with Gasteiger partial charge in [-0.05, 0) is 122 Å². The number of phenolic OH excluding ortho intramolecular Hbond substituents is 2. The van der Waals surface area contributed by atoms with Gasteiger partial charge in [-0.3, -0.25) is 14.6 Å². The number of aromatic hydroxyl groups is 2. The number of nitrogens with one attached hydrogen (secondary N) is 2. The molecule has 0 radical (unpaired) electrons. The normalized spacial score (nSPS) is 18.1. The zero-order valence-corrected chi connectivity index (χ0v) is 39.6. The summed E-state index contributed by atoms with van der Waals surface area (Å²) >= 11 is 0. The summed E-state index contributed by atoms with van der Waals surface area (Å²) in [6.07, 6.45) is 5.41. The van der Waals surface area contributed by atoms with Crippen LogP contribution in [0.1, 0.15) is 116 Å². The van der Waals surface area contributed by atoms with Gasteiger partial charge < -0.3 is 34.8 Å². The lowest BCUT2D eigenvalue weighted by Crippen LogP contribution is -2.46. The van der Waals surface area contributed by atoms with E-state index in [2.05, 4.69) is 39.3 Å². The molecule has 0 spiro atoms. The van der Waals surface area contributed by atoms with E-state index in [1.165, 1.54) is 29.2 Å². The lowest BCUT2D eigenvalue weighted by atomic mass is 9.65. The summed E-state index contributed by atoms with van der Waals surface area (Å²) in [6.45, 7) is 14.9. The van der Waals surface area contributed by atoms with Crippen LogP contribution in [0.25, 0.3) is 17.1 Å². The summed E-state index contributed by atoms with van der Waals surface area (Å²) in [6, 6.07) is 25.1. The second-order valence-electron chi connectivity index (χ2n) is 19.5. The van der Waals surface area contributed by atoms with Gasteiger partial charge in [-0.2, -0.15) is 5.10 Å². The average molecular weight is 922 g/mol. The molecule has 6 aromatic rings. The fourth-order valence-corrected chi connectivity index (χ4v) is 9.54. The van der Waals surface area contributed by atoms with Gasteiger partial charge >= 0.3 is 12.8 Å². The highest BCUT2D eigenvalue weighted by Gasteiger charge is 2.57. The molecule has 5 N–H and O–H groups in total. The Hall–Kier alpha value is -6.62. The number of aromatic amines is 1. The molecule has 2 amide bonds. The first kappa shape index (κ1) is 47.9. The Morgan fingerprint density at radius 2 is 1.65 bits per heavy atom. The van der Waals surface area contributed by atoms with Crippen molar-refractivity contribution in [1.82, 2.24) is 34.9 Å². The van der Waals surface area contributed by atoms with Crippen LogP contribution in [-0.2, 0) is 34.3 Å². The molecule has 4 heterocycles. The molecule has 68 heavy (non-hydrogen) atoms. The van der Waals surface area contributed by atoms with Crippen molar-refractivity contribution >= 4 is 18.9 Å². The molecule has 16 heteroatoms. The summed E-state index contributed by atoms with van der Waals surface area (Å²) in [5.41, 5.74) is 3.60. The molecule has 4 atom stereocenters. The summed E-state index contributed by atoms with van der Waals surface area (Å²) in [5.74, 6) is -0.662. The molecule has 8 rings (SSSR count). The smallest absolute Gasteiger partial charge is 0.461 e. The van der Waals surface area contributed by atoms with Gasteiger partial charge in [0.25, 0.3) is 11.8 Å². The van der Waals surface area contributed by atoms with E-state index in [0.717, 1.165) is 22.3 Å². The lowest BCUT2D eigenvalue weighted by Gasteiger charge is -2.37. The van der Waals surface area contributed by atoms with E-state index >= 15 is 0 Å². The lowest BCUT2D eigenvalue weighted by molar-refractivity contribution is -0.0133. The highest BCUT2D eigenvalue weighted by atomic mass is 16.7. The van der Waals surface area contributed by atoms with E-state index in [9.17, 15) is 29.7 Å². The molecule has 4 aromatic carbocycles. The molecule has 0 bridgehead atoms. The largest absolute Gasteiger partial charge is 0.508 e. The maximum absolute atomic E-state index is 14.2. The van der Waals surface area contributed by atoms with Crippen molar-refractivity contribution in [3.05, 3.63) is 153 Å². The maximum Gasteiger partial charge on any atom is 0.461 e. The van der Waals surface area contributed by atoms with Crippen LogP contribution in [0.3, 0.4) is 0 Å². The fourth-order valence-electron chi connectivity index (χ4n) is 9.54. The van der Waals surface area contributed by atoms with Crippen LogP contribution in [0, 0.1) is 5.92 Å². The Balaban J connectivity index is 0.981. The van der Waals surface area contributed by atoms with E-state index in [-0.39, 0.29) is 46.6 Å². The first-order valence-electron chi connectivity index (χ1n) is 23.3. The summed E-state index contributed by atoms with van der Waals surface area (Å²) in [7, 11) is -0.682. The number of benzene rings is 4. The molecule has 2 aromatic heterocycles. The minimum absolute atomic E-state index is 0.0421. The SMILES string of the molecule is CC(C)C[C@H](CC(O)[C@H](Cc1ccccc1)NC(=O)c1cnccn1)B1OC(C)(C)C(C)(c2ccc(C(=O)N3CCc4ccc(-n5c(-c6cc(C(C)C)c(O)cc6O)n[nH]c5=O)cc4C3)cc2)O1. The van der Waals surface area contributed by atoms with E-state index in [1.54, 1.807) is 11.0 Å². The second-order valence-corrected chi connectivity index (χ2v) is 19.5. The van der Waals surface area contributed by atoms with Gasteiger partial charge in [0, 0.05) is 37.1 Å². The highest BCUT2D eigenvalue weighted by Crippen LogP contribution is 2.49. The fraction of sp³-hybridized carbons (Fsp3) is 0.385. The second kappa shape index (κ2) is 19.5. The molecule has 15 nitrogen and oxygen atoms in total. The Kier molecular flexibility index (Phi) is 13.8. The molecule has 2 aliphatic heterocycles. The van der Waals surface area contributed by atoms with Crippen molar-refractivity contribution < 1.29 is 34.2 Å². The number of amides is 2. The van der Waals surface area contributed by atoms with Crippen molar-refractivity contribution in [3.8, 4) is 28.6 Å². The first-order valence-corrected chi connectivity index (χ1v) is 23.3. The molecule has 1 fully saturated rings. The summed E-state index contributed by atoms with van der Waals surface area (Å²) < 4.78 is 15.1. The average Bonchev–Trinajstić information content (AvgIpc) is 3.82. The quantitative estimate of drug-likeness (QED) is 0.0639. The third-order valence-electron chi connectivity index (χ3n) is 13.6. The predicted octanol–water partition coefficient (Wildman–Crippen LogP) is 7.49. The number of aliphatic hydroxyl groups excluding tert-OH is 1. The number of hydrogen-bond donors (Lipinski definition) is 5. The third kappa shape index (κ3) is 9.85. The highest BCUT2D eigenvalue weighted by molar-refractivity contribution is 6.47. The Labute approximate surface area is 396 Å². The third-order valence-corrected chi connectivity index (χ3v) is 13.6. The zero-order valence-electron chi connectivity index (χ0n) is 39.6. The Bertz CT molecular complexity index is 2820.